The van der Waals surface area contributed by atoms with Gasteiger partial charge in [0.15, 0.2) is 0 Å². The second kappa shape index (κ2) is 7.01. The van der Waals surface area contributed by atoms with Crippen LogP contribution >= 0.6 is 11.3 Å². The minimum absolute atomic E-state index is 0.0510. The zero-order valence-electron chi connectivity index (χ0n) is 13.4. The highest BCUT2D eigenvalue weighted by molar-refractivity contribution is 7.07. The average Bonchev–Trinajstić information content (AvgIpc) is 3.24. The Labute approximate surface area is 145 Å². The molecule has 2 aromatic heterocycles. The highest BCUT2D eigenvalue weighted by Gasteiger charge is 2.43. The number of amides is 1. The number of anilines is 1. The van der Waals surface area contributed by atoms with E-state index in [0.717, 1.165) is 31.9 Å². The van der Waals surface area contributed by atoms with Crippen molar-refractivity contribution in [3.05, 3.63) is 46.9 Å². The van der Waals surface area contributed by atoms with E-state index in [1.807, 2.05) is 12.1 Å². The van der Waals surface area contributed by atoms with Crippen LogP contribution in [0.2, 0.25) is 0 Å². The van der Waals surface area contributed by atoms with Crippen molar-refractivity contribution in [1.29, 1.82) is 0 Å². The van der Waals surface area contributed by atoms with Crippen LogP contribution in [-0.2, 0) is 16.1 Å². The maximum Gasteiger partial charge on any atom is 0.230 e. The fraction of sp³-hybridized carbons (Fsp3) is 0.444. The Hall–Kier alpha value is -1.76. The average molecular weight is 343 g/mol. The van der Waals surface area contributed by atoms with Crippen LogP contribution in [0.1, 0.15) is 5.56 Å². The Bertz CT molecular complexity index is 677. The topological polar surface area (TPSA) is 54.5 Å². The Morgan fingerprint density at radius 2 is 2.33 bits per heavy atom. The van der Waals surface area contributed by atoms with E-state index in [4.69, 9.17) is 4.74 Å². The summed E-state index contributed by atoms with van der Waals surface area (Å²) in [6.07, 6.45) is 3.38. The molecule has 2 aromatic rings. The third-order valence-corrected chi connectivity index (χ3v) is 5.70. The number of thiophene rings is 1. The summed E-state index contributed by atoms with van der Waals surface area (Å²) in [4.78, 5) is 19.2. The second-order valence-corrected chi connectivity index (χ2v) is 7.40. The molecule has 2 aliphatic rings. The third-order valence-electron chi connectivity index (χ3n) is 4.97. The second-order valence-electron chi connectivity index (χ2n) is 6.62. The maximum atomic E-state index is 12.7. The molecule has 1 amide bonds. The van der Waals surface area contributed by atoms with Gasteiger partial charge in [0, 0.05) is 25.8 Å². The predicted octanol–water partition coefficient (Wildman–Crippen LogP) is 2.48. The molecule has 0 bridgehead atoms. The van der Waals surface area contributed by atoms with Gasteiger partial charge in [-0.15, -0.1) is 0 Å². The number of nitrogens with zero attached hydrogens (tertiary/aromatic N) is 2. The molecular weight excluding hydrogens is 322 g/mol. The molecule has 1 N–H and O–H groups in total. The first-order valence-corrected chi connectivity index (χ1v) is 9.26. The van der Waals surface area contributed by atoms with Crippen LogP contribution in [0.4, 0.5) is 5.69 Å². The summed E-state index contributed by atoms with van der Waals surface area (Å²) >= 11 is 1.73. The van der Waals surface area contributed by atoms with Gasteiger partial charge < -0.3 is 10.1 Å². The molecule has 5 nitrogen and oxygen atoms in total. The quantitative estimate of drug-likeness (QED) is 0.927. The van der Waals surface area contributed by atoms with E-state index in [2.05, 4.69) is 32.0 Å². The van der Waals surface area contributed by atoms with Crippen LogP contribution in [0.3, 0.4) is 0 Å². The van der Waals surface area contributed by atoms with Gasteiger partial charge >= 0.3 is 0 Å². The third kappa shape index (κ3) is 3.36. The summed E-state index contributed by atoms with van der Waals surface area (Å²) in [5, 5.41) is 7.30. The lowest BCUT2D eigenvalue weighted by Gasteiger charge is -2.32. The first-order chi connectivity index (χ1) is 11.8. The van der Waals surface area contributed by atoms with Crippen molar-refractivity contribution in [2.24, 2.45) is 17.8 Å². The number of nitrogens with one attached hydrogen (secondary N) is 1. The van der Waals surface area contributed by atoms with Crippen LogP contribution in [0, 0.1) is 17.8 Å². The molecule has 2 fully saturated rings. The molecule has 0 aromatic carbocycles. The van der Waals surface area contributed by atoms with E-state index >= 15 is 0 Å². The molecule has 0 unspecified atom stereocenters. The number of pyridine rings is 1. The summed E-state index contributed by atoms with van der Waals surface area (Å²) in [5.41, 5.74) is 2.11. The summed E-state index contributed by atoms with van der Waals surface area (Å²) in [6.45, 7) is 4.22. The minimum atomic E-state index is -0.0866. The molecule has 0 radical (unpaired) electrons. The number of aromatic nitrogens is 1. The number of likely N-dealkylation sites (tertiary alicyclic amines) is 1. The molecule has 4 heterocycles. The van der Waals surface area contributed by atoms with Crippen LogP contribution in [0.15, 0.2) is 41.4 Å². The number of rotatable bonds is 4. The van der Waals surface area contributed by atoms with Crippen molar-refractivity contribution in [3.8, 4) is 0 Å². The molecular formula is C18H21N3O2S. The Balaban J connectivity index is 1.42. The molecule has 0 spiro atoms. The van der Waals surface area contributed by atoms with Crippen LogP contribution in [0.5, 0.6) is 0 Å². The summed E-state index contributed by atoms with van der Waals surface area (Å²) in [5.74, 6) is 0.780. The first-order valence-electron chi connectivity index (χ1n) is 8.31. The van der Waals surface area contributed by atoms with E-state index in [9.17, 15) is 4.79 Å². The lowest BCUT2D eigenvalue weighted by Crippen LogP contribution is -2.41. The zero-order valence-corrected chi connectivity index (χ0v) is 14.2. The summed E-state index contributed by atoms with van der Waals surface area (Å²) in [7, 11) is 0. The molecule has 0 aliphatic carbocycles. The Morgan fingerprint density at radius 1 is 1.38 bits per heavy atom. The van der Waals surface area contributed by atoms with Gasteiger partial charge in [0.1, 0.15) is 0 Å². The SMILES string of the molecule is O=C(Nc1cccnc1)[C@@H]1COC[C@H]2CN(Cc3ccsc3)C[C@H]21. The van der Waals surface area contributed by atoms with Crippen LogP contribution in [-0.4, -0.2) is 42.1 Å². The van der Waals surface area contributed by atoms with E-state index in [1.165, 1.54) is 5.56 Å². The number of fused-ring (bicyclic) bond motifs is 1. The standard InChI is InChI=1S/C18H21N3O2S/c22-18(20-15-2-1-4-19-6-15)17-11-23-10-14-8-21(9-16(14)17)7-13-3-5-24-12-13/h1-6,12,14,16-17H,7-11H2,(H,20,22)/t14-,16-,17-/m1/s1. The fourth-order valence-corrected chi connectivity index (χ4v) is 4.46. The summed E-state index contributed by atoms with van der Waals surface area (Å²) < 4.78 is 5.74. The summed E-state index contributed by atoms with van der Waals surface area (Å²) in [6, 6.07) is 5.87. The van der Waals surface area contributed by atoms with Crippen molar-refractivity contribution < 1.29 is 9.53 Å². The van der Waals surface area contributed by atoms with Gasteiger partial charge in [-0.1, -0.05) is 0 Å². The first kappa shape index (κ1) is 15.7. The van der Waals surface area contributed by atoms with Crippen molar-refractivity contribution in [2.45, 2.75) is 6.54 Å². The largest absolute Gasteiger partial charge is 0.380 e. The number of carbonyl (C=O) groups is 1. The van der Waals surface area contributed by atoms with Crippen LogP contribution < -0.4 is 5.32 Å². The van der Waals surface area contributed by atoms with Gasteiger partial charge in [-0.05, 0) is 46.4 Å². The minimum Gasteiger partial charge on any atom is -0.380 e. The van der Waals surface area contributed by atoms with E-state index < -0.39 is 0 Å². The van der Waals surface area contributed by atoms with Crippen LogP contribution in [0.25, 0.3) is 0 Å². The number of hydrogen-bond donors (Lipinski definition) is 1. The zero-order chi connectivity index (χ0) is 16.4. The highest BCUT2D eigenvalue weighted by Crippen LogP contribution is 2.35. The Morgan fingerprint density at radius 3 is 3.12 bits per heavy atom. The number of ether oxygens (including phenoxy) is 1. The van der Waals surface area contributed by atoms with E-state index in [-0.39, 0.29) is 11.8 Å². The van der Waals surface area contributed by atoms with E-state index in [0.29, 0.717) is 18.4 Å². The molecule has 3 atom stereocenters. The normalized spacial score (nSPS) is 26.9. The number of hydrogen-bond acceptors (Lipinski definition) is 5. The van der Waals surface area contributed by atoms with Gasteiger partial charge in [0.2, 0.25) is 5.91 Å². The molecule has 2 aliphatic heterocycles. The van der Waals surface area contributed by atoms with Gasteiger partial charge in [-0.3, -0.25) is 14.7 Å². The van der Waals surface area contributed by atoms with Crippen molar-refractivity contribution in [2.75, 3.05) is 31.6 Å². The molecule has 24 heavy (non-hydrogen) atoms. The molecule has 0 saturated carbocycles. The van der Waals surface area contributed by atoms with E-state index in [1.54, 1.807) is 23.7 Å². The van der Waals surface area contributed by atoms with Crippen molar-refractivity contribution >= 4 is 22.9 Å². The van der Waals surface area contributed by atoms with Gasteiger partial charge in [-0.25, -0.2) is 0 Å². The lowest BCUT2D eigenvalue weighted by molar-refractivity contribution is -0.128. The van der Waals surface area contributed by atoms with Gasteiger partial charge in [-0.2, -0.15) is 11.3 Å². The maximum absolute atomic E-state index is 12.7. The molecule has 2 saturated heterocycles. The van der Waals surface area contributed by atoms with Crippen molar-refractivity contribution in [3.63, 3.8) is 0 Å². The number of carbonyl (C=O) groups excluding carboxylic acids is 1. The highest BCUT2D eigenvalue weighted by atomic mass is 32.1. The van der Waals surface area contributed by atoms with Gasteiger partial charge in [0.05, 0.1) is 31.0 Å². The molecule has 6 heteroatoms. The monoisotopic (exact) mass is 343 g/mol. The fourth-order valence-electron chi connectivity index (χ4n) is 3.80. The van der Waals surface area contributed by atoms with Crippen molar-refractivity contribution in [1.82, 2.24) is 9.88 Å². The lowest BCUT2D eigenvalue weighted by atomic mass is 9.82. The Kier molecular flexibility index (Phi) is 4.60. The smallest absolute Gasteiger partial charge is 0.230 e. The predicted molar refractivity (Wildman–Crippen MR) is 93.8 cm³/mol. The van der Waals surface area contributed by atoms with Gasteiger partial charge in [0.25, 0.3) is 0 Å². The molecule has 4 rings (SSSR count). The molecule has 126 valence electrons.